The van der Waals surface area contributed by atoms with Gasteiger partial charge in [-0.1, -0.05) is 0 Å². The summed E-state index contributed by atoms with van der Waals surface area (Å²) in [6.45, 7) is 0. The number of methoxy groups -OCH3 is 3. The van der Waals surface area contributed by atoms with Crippen LogP contribution >= 0.6 is 0 Å². The van der Waals surface area contributed by atoms with Gasteiger partial charge in [-0.05, 0) is 0 Å². The molecule has 6 heteroatoms. The summed E-state index contributed by atoms with van der Waals surface area (Å²) in [5.74, 6) is -0.788. The molecule has 0 spiro atoms. The van der Waals surface area contributed by atoms with Gasteiger partial charge < -0.3 is 25.1 Å². The van der Waals surface area contributed by atoms with Crippen molar-refractivity contribution in [3.8, 4) is 17.2 Å². The van der Waals surface area contributed by atoms with Gasteiger partial charge in [0.2, 0.25) is 0 Å². The molecule has 0 aliphatic heterocycles. The van der Waals surface area contributed by atoms with E-state index in [0.29, 0.717) is 0 Å². The van der Waals surface area contributed by atoms with Crippen molar-refractivity contribution in [2.45, 2.75) is 0 Å². The van der Waals surface area contributed by atoms with Gasteiger partial charge in [0, 0.05) is 6.07 Å². The number of aromatic hydroxyl groups is 1. The van der Waals surface area contributed by atoms with Gasteiger partial charge in [-0.3, -0.25) is 0 Å². The number of rotatable bonds is 3. The predicted octanol–water partition coefficient (Wildman–Crippen LogP) is 0.778. The van der Waals surface area contributed by atoms with Crippen LogP contribution in [0.2, 0.25) is 0 Å². The number of anilines is 1. The molecule has 0 saturated heterocycles. The highest BCUT2D eigenvalue weighted by Crippen LogP contribution is 2.40. The summed E-state index contributed by atoms with van der Waals surface area (Å²) in [6.07, 6.45) is 0. The summed E-state index contributed by atoms with van der Waals surface area (Å²) >= 11 is 0. The van der Waals surface area contributed by atoms with Gasteiger partial charge >= 0.3 is 5.97 Å². The molecule has 0 heterocycles. The van der Waals surface area contributed by atoms with E-state index in [2.05, 4.69) is 4.74 Å². The van der Waals surface area contributed by atoms with Crippen LogP contribution in [0.4, 0.5) is 5.69 Å². The van der Waals surface area contributed by atoms with Gasteiger partial charge in [0.25, 0.3) is 0 Å². The highest BCUT2D eigenvalue weighted by molar-refractivity contribution is 5.98. The summed E-state index contributed by atoms with van der Waals surface area (Å²) < 4.78 is 14.4. The number of esters is 1. The molecule has 0 aliphatic carbocycles. The number of carbonyl (C=O) groups excluding carboxylic acids is 1. The number of nitrogens with two attached hydrogens (primary N) is 1. The minimum Gasteiger partial charge on any atom is -0.507 e. The number of ether oxygens (including phenoxy) is 3. The quantitative estimate of drug-likeness (QED) is 0.450. The molecule has 6 nitrogen and oxygen atoms in total. The van der Waals surface area contributed by atoms with Crippen LogP contribution in [0.15, 0.2) is 6.07 Å². The normalized spacial score (nSPS) is 9.69. The SMILES string of the molecule is COC(=O)c1c(O)cc(OC)c(N)c1OC. The number of benzene rings is 1. The topological polar surface area (TPSA) is 91.0 Å². The van der Waals surface area contributed by atoms with Crippen molar-refractivity contribution >= 4 is 11.7 Å². The van der Waals surface area contributed by atoms with Crippen molar-refractivity contribution < 1.29 is 24.1 Å². The number of carbonyl (C=O) groups is 1. The number of nitrogen functional groups attached to an aromatic ring is 1. The second kappa shape index (κ2) is 4.61. The van der Waals surface area contributed by atoms with Crippen molar-refractivity contribution in [1.82, 2.24) is 0 Å². The summed E-state index contributed by atoms with van der Waals surface area (Å²) in [5.41, 5.74) is 5.70. The minimum atomic E-state index is -0.733. The van der Waals surface area contributed by atoms with Crippen molar-refractivity contribution in [3.63, 3.8) is 0 Å². The Labute approximate surface area is 92.5 Å². The number of hydrogen-bond acceptors (Lipinski definition) is 6. The maximum Gasteiger partial charge on any atom is 0.345 e. The molecule has 3 N–H and O–H groups in total. The van der Waals surface area contributed by atoms with Crippen molar-refractivity contribution in [3.05, 3.63) is 11.6 Å². The molecular formula is C10H13NO5. The molecule has 0 unspecified atom stereocenters. The molecule has 0 amide bonds. The van der Waals surface area contributed by atoms with E-state index in [1.807, 2.05) is 0 Å². The Morgan fingerprint density at radius 1 is 1.31 bits per heavy atom. The maximum absolute atomic E-state index is 11.4. The van der Waals surface area contributed by atoms with Crippen LogP contribution < -0.4 is 15.2 Å². The molecule has 1 aromatic carbocycles. The van der Waals surface area contributed by atoms with E-state index in [1.165, 1.54) is 27.4 Å². The van der Waals surface area contributed by atoms with E-state index in [9.17, 15) is 9.90 Å². The zero-order valence-corrected chi connectivity index (χ0v) is 9.23. The third-order valence-electron chi connectivity index (χ3n) is 2.07. The van der Waals surface area contributed by atoms with Crippen LogP contribution in [0.1, 0.15) is 10.4 Å². The highest BCUT2D eigenvalue weighted by Gasteiger charge is 2.23. The zero-order chi connectivity index (χ0) is 12.3. The molecule has 1 rings (SSSR count). The Morgan fingerprint density at radius 2 is 1.94 bits per heavy atom. The zero-order valence-electron chi connectivity index (χ0n) is 9.23. The molecule has 0 fully saturated rings. The van der Waals surface area contributed by atoms with Crippen LogP contribution in [0.25, 0.3) is 0 Å². The van der Waals surface area contributed by atoms with Gasteiger partial charge in [-0.25, -0.2) is 4.79 Å². The van der Waals surface area contributed by atoms with Crippen LogP contribution in [0.5, 0.6) is 17.2 Å². The highest BCUT2D eigenvalue weighted by atomic mass is 16.5. The fourth-order valence-corrected chi connectivity index (χ4v) is 1.32. The van der Waals surface area contributed by atoms with Crippen molar-refractivity contribution in [1.29, 1.82) is 0 Å². The lowest BCUT2D eigenvalue weighted by Crippen LogP contribution is -2.07. The first-order valence-electron chi connectivity index (χ1n) is 4.38. The molecule has 0 aromatic heterocycles. The fourth-order valence-electron chi connectivity index (χ4n) is 1.32. The van der Waals surface area contributed by atoms with Crippen molar-refractivity contribution in [2.75, 3.05) is 27.1 Å². The van der Waals surface area contributed by atoms with E-state index in [0.717, 1.165) is 0 Å². The summed E-state index contributed by atoms with van der Waals surface area (Å²) in [7, 11) is 3.92. The standard InChI is InChI=1S/C10H13NO5/c1-14-6-4-5(12)7(10(13)16-3)9(15-2)8(6)11/h4,12H,11H2,1-3H3. The van der Waals surface area contributed by atoms with Crippen LogP contribution in [0.3, 0.4) is 0 Å². The van der Waals surface area contributed by atoms with Crippen LogP contribution in [-0.4, -0.2) is 32.4 Å². The molecule has 0 bridgehead atoms. The lowest BCUT2D eigenvalue weighted by Gasteiger charge is -2.14. The predicted molar refractivity (Wildman–Crippen MR) is 57.0 cm³/mol. The lowest BCUT2D eigenvalue weighted by molar-refractivity contribution is 0.0593. The molecule has 0 atom stereocenters. The van der Waals surface area contributed by atoms with E-state index in [1.54, 1.807) is 0 Å². The summed E-state index contributed by atoms with van der Waals surface area (Å²) in [4.78, 5) is 11.4. The Morgan fingerprint density at radius 3 is 2.38 bits per heavy atom. The molecule has 16 heavy (non-hydrogen) atoms. The maximum atomic E-state index is 11.4. The minimum absolute atomic E-state index is 0.0312. The monoisotopic (exact) mass is 227 g/mol. The lowest BCUT2D eigenvalue weighted by atomic mass is 10.1. The average Bonchev–Trinajstić information content (AvgIpc) is 2.29. The molecule has 1 aromatic rings. The van der Waals surface area contributed by atoms with Gasteiger partial charge in [-0.2, -0.15) is 0 Å². The Kier molecular flexibility index (Phi) is 3.44. The first-order valence-corrected chi connectivity index (χ1v) is 4.38. The van der Waals surface area contributed by atoms with Gasteiger partial charge in [0.15, 0.2) is 5.75 Å². The van der Waals surface area contributed by atoms with Crippen LogP contribution in [0, 0.1) is 0 Å². The second-order valence-electron chi connectivity index (χ2n) is 2.91. The Hall–Kier alpha value is -2.11. The van der Waals surface area contributed by atoms with E-state index >= 15 is 0 Å². The van der Waals surface area contributed by atoms with Gasteiger partial charge in [0.05, 0.1) is 21.3 Å². The van der Waals surface area contributed by atoms with E-state index in [4.69, 9.17) is 15.2 Å². The van der Waals surface area contributed by atoms with Crippen LogP contribution in [-0.2, 0) is 4.74 Å². The fraction of sp³-hybridized carbons (Fsp3) is 0.300. The second-order valence-corrected chi connectivity index (χ2v) is 2.91. The third-order valence-corrected chi connectivity index (χ3v) is 2.07. The third kappa shape index (κ3) is 1.81. The van der Waals surface area contributed by atoms with E-state index in [-0.39, 0.29) is 28.5 Å². The van der Waals surface area contributed by atoms with E-state index < -0.39 is 5.97 Å². The largest absolute Gasteiger partial charge is 0.507 e. The Balaban J connectivity index is 3.49. The Bertz CT molecular complexity index is 416. The first-order chi connectivity index (χ1) is 7.56. The van der Waals surface area contributed by atoms with Gasteiger partial charge in [-0.15, -0.1) is 0 Å². The number of hydrogen-bond donors (Lipinski definition) is 2. The number of phenolic OH excluding ortho intramolecular Hbond substituents is 1. The molecular weight excluding hydrogens is 214 g/mol. The number of phenols is 1. The smallest absolute Gasteiger partial charge is 0.345 e. The molecule has 0 saturated carbocycles. The summed E-state index contributed by atoms with van der Waals surface area (Å²) in [5, 5.41) is 9.64. The first kappa shape index (κ1) is 12.0. The average molecular weight is 227 g/mol. The van der Waals surface area contributed by atoms with Gasteiger partial charge in [0.1, 0.15) is 22.7 Å². The molecule has 0 radical (unpaired) electrons. The summed E-state index contributed by atoms with van der Waals surface area (Å²) in [6, 6.07) is 1.23. The van der Waals surface area contributed by atoms with Crippen molar-refractivity contribution in [2.24, 2.45) is 0 Å². The molecule has 0 aliphatic rings. The molecule has 88 valence electrons.